The molecule has 0 bridgehead atoms. The molecule has 2 heteroatoms. The van der Waals surface area contributed by atoms with Crippen LogP contribution in [0.15, 0.2) is 92.3 Å². The fourth-order valence-corrected chi connectivity index (χ4v) is 3.66. The van der Waals surface area contributed by atoms with E-state index in [1.165, 1.54) is 17.0 Å². The van der Waals surface area contributed by atoms with Crippen LogP contribution in [-0.4, -0.2) is 17.3 Å². The van der Waals surface area contributed by atoms with E-state index in [4.69, 9.17) is 0 Å². The number of rotatable bonds is 6. The van der Waals surface area contributed by atoms with Crippen molar-refractivity contribution < 1.29 is 4.58 Å². The molecule has 0 fully saturated rings. The van der Waals surface area contributed by atoms with Crippen molar-refractivity contribution in [1.29, 1.82) is 0 Å². The minimum Gasteiger partial charge on any atom is -0.325 e. The van der Waals surface area contributed by atoms with Gasteiger partial charge in [0, 0.05) is 35.8 Å². The average Bonchev–Trinajstić information content (AvgIpc) is 2.88. The van der Waals surface area contributed by atoms with Crippen molar-refractivity contribution in [3.05, 3.63) is 103 Å². The highest BCUT2D eigenvalue weighted by Gasteiger charge is 2.42. The topological polar surface area (TPSA) is 6.25 Å². The van der Waals surface area contributed by atoms with Crippen LogP contribution in [0.5, 0.6) is 0 Å². The lowest BCUT2D eigenvalue weighted by Gasteiger charge is -2.15. The quantitative estimate of drug-likeness (QED) is 0.451. The Balaban J connectivity index is 1.75. The Kier molecular flexibility index (Phi) is 5.27. The molecule has 0 aliphatic carbocycles. The van der Waals surface area contributed by atoms with Crippen LogP contribution in [-0.2, 0) is 5.41 Å². The van der Waals surface area contributed by atoms with Crippen molar-refractivity contribution in [2.24, 2.45) is 0 Å². The van der Waals surface area contributed by atoms with Crippen LogP contribution < -0.4 is 4.90 Å². The number of nitrogens with zero attached hydrogens (tertiary/aromatic N) is 2. The summed E-state index contributed by atoms with van der Waals surface area (Å²) >= 11 is 0. The van der Waals surface area contributed by atoms with E-state index in [0.717, 1.165) is 11.3 Å². The first kappa shape index (κ1) is 18.7. The van der Waals surface area contributed by atoms with Crippen LogP contribution in [0.2, 0.25) is 0 Å². The molecule has 2 nitrogen and oxygen atoms in total. The summed E-state index contributed by atoms with van der Waals surface area (Å²) in [5.41, 5.74) is 6.18. The van der Waals surface area contributed by atoms with Gasteiger partial charge in [-0.2, -0.15) is 4.58 Å². The highest BCUT2D eigenvalue weighted by Crippen LogP contribution is 2.38. The van der Waals surface area contributed by atoms with Crippen molar-refractivity contribution in [3.63, 3.8) is 0 Å². The molecule has 0 saturated carbocycles. The third-order valence-electron chi connectivity index (χ3n) is 5.18. The maximum absolute atomic E-state index is 3.79. The van der Waals surface area contributed by atoms with Crippen LogP contribution in [0.25, 0.3) is 6.08 Å². The zero-order valence-electron chi connectivity index (χ0n) is 16.4. The van der Waals surface area contributed by atoms with Crippen LogP contribution >= 0.6 is 0 Å². The van der Waals surface area contributed by atoms with E-state index in [1.54, 1.807) is 12.4 Å². The molecule has 0 aromatic heterocycles. The molecule has 1 heterocycles. The standard InChI is InChI=1S/C25H27N2/c1-6-27(7-2)21-18-16-20(17-19-21)12-8-11-15-24-25(3,4)22-13-9-10-14-23(22)26(24)5/h6-19H,1-2H2,3-5H3/q+1. The molecule has 2 aromatic carbocycles. The van der Waals surface area contributed by atoms with Gasteiger partial charge in [-0.3, -0.25) is 0 Å². The van der Waals surface area contributed by atoms with Gasteiger partial charge in [-0.1, -0.05) is 61.7 Å². The third kappa shape index (κ3) is 3.56. The summed E-state index contributed by atoms with van der Waals surface area (Å²) in [5.74, 6) is 0. The number of para-hydroxylation sites is 1. The van der Waals surface area contributed by atoms with Crippen molar-refractivity contribution in [2.75, 3.05) is 11.9 Å². The lowest BCUT2D eigenvalue weighted by atomic mass is 9.81. The summed E-state index contributed by atoms with van der Waals surface area (Å²) in [6, 6.07) is 16.9. The van der Waals surface area contributed by atoms with Crippen LogP contribution in [0.4, 0.5) is 11.4 Å². The summed E-state index contributed by atoms with van der Waals surface area (Å²) < 4.78 is 2.29. The molecule has 0 radical (unpaired) electrons. The molecule has 0 amide bonds. The van der Waals surface area contributed by atoms with Crippen molar-refractivity contribution >= 4 is 23.2 Å². The minimum absolute atomic E-state index is 0.0101. The molecule has 0 saturated heterocycles. The largest absolute Gasteiger partial charge is 0.325 e. The molecular weight excluding hydrogens is 328 g/mol. The number of benzene rings is 2. The Bertz CT molecular complexity index is 933. The van der Waals surface area contributed by atoms with Gasteiger partial charge in [0.25, 0.3) is 0 Å². The predicted molar refractivity (Wildman–Crippen MR) is 118 cm³/mol. The lowest BCUT2D eigenvalue weighted by molar-refractivity contribution is -0.401. The Hall–Kier alpha value is -3.13. The monoisotopic (exact) mass is 355 g/mol. The van der Waals surface area contributed by atoms with E-state index in [-0.39, 0.29) is 5.41 Å². The molecular formula is C25H27N2+. The molecule has 27 heavy (non-hydrogen) atoms. The van der Waals surface area contributed by atoms with Crippen molar-refractivity contribution in [1.82, 2.24) is 0 Å². The highest BCUT2D eigenvalue weighted by atomic mass is 15.1. The second-order valence-corrected chi connectivity index (χ2v) is 7.17. The van der Waals surface area contributed by atoms with E-state index >= 15 is 0 Å². The first-order valence-corrected chi connectivity index (χ1v) is 9.18. The van der Waals surface area contributed by atoms with Gasteiger partial charge in [-0.25, -0.2) is 0 Å². The Labute approximate surface area is 162 Å². The van der Waals surface area contributed by atoms with Crippen LogP contribution in [0.1, 0.15) is 25.0 Å². The van der Waals surface area contributed by atoms with Crippen LogP contribution in [0.3, 0.4) is 0 Å². The second-order valence-electron chi connectivity index (χ2n) is 7.17. The van der Waals surface area contributed by atoms with Gasteiger partial charge in [0.1, 0.15) is 7.05 Å². The predicted octanol–water partition coefficient (Wildman–Crippen LogP) is 6.06. The van der Waals surface area contributed by atoms with Crippen molar-refractivity contribution in [3.8, 4) is 0 Å². The molecule has 0 spiro atoms. The van der Waals surface area contributed by atoms with Gasteiger partial charge in [-0.05, 0) is 31.5 Å². The first-order valence-electron chi connectivity index (χ1n) is 9.18. The van der Waals surface area contributed by atoms with Crippen molar-refractivity contribution in [2.45, 2.75) is 19.3 Å². The van der Waals surface area contributed by atoms with Gasteiger partial charge in [0.05, 0.1) is 5.41 Å². The molecule has 0 unspecified atom stereocenters. The number of anilines is 1. The van der Waals surface area contributed by atoms with E-state index in [1.807, 2.05) is 4.90 Å². The van der Waals surface area contributed by atoms with E-state index < -0.39 is 0 Å². The number of fused-ring (bicyclic) bond motifs is 1. The molecule has 1 aliphatic heterocycles. The molecule has 3 rings (SSSR count). The fourth-order valence-electron chi connectivity index (χ4n) is 3.66. The van der Waals surface area contributed by atoms with E-state index in [0.29, 0.717) is 0 Å². The molecule has 0 atom stereocenters. The lowest BCUT2D eigenvalue weighted by Crippen LogP contribution is -2.26. The van der Waals surface area contributed by atoms with E-state index in [2.05, 4.69) is 111 Å². The molecule has 0 N–H and O–H groups in total. The minimum atomic E-state index is 0.0101. The summed E-state index contributed by atoms with van der Waals surface area (Å²) in [4.78, 5) is 1.89. The Morgan fingerprint density at radius 2 is 1.52 bits per heavy atom. The summed E-state index contributed by atoms with van der Waals surface area (Å²) in [7, 11) is 2.14. The smallest absolute Gasteiger partial charge is 0.209 e. The third-order valence-corrected chi connectivity index (χ3v) is 5.18. The summed E-state index contributed by atoms with van der Waals surface area (Å²) in [5, 5.41) is 0. The molecule has 2 aromatic rings. The zero-order valence-corrected chi connectivity index (χ0v) is 16.4. The maximum atomic E-state index is 3.79. The normalized spacial score (nSPS) is 15.4. The number of hydrogen-bond donors (Lipinski definition) is 0. The Morgan fingerprint density at radius 1 is 0.889 bits per heavy atom. The fraction of sp³-hybridized carbons (Fsp3) is 0.160. The van der Waals surface area contributed by atoms with Gasteiger partial charge in [-0.15, -0.1) is 0 Å². The van der Waals surface area contributed by atoms with Gasteiger partial charge in [0.2, 0.25) is 5.69 Å². The summed E-state index contributed by atoms with van der Waals surface area (Å²) in [6.07, 6.45) is 12.0. The number of allylic oxidation sites excluding steroid dienone is 3. The second kappa shape index (κ2) is 7.63. The van der Waals surface area contributed by atoms with Crippen LogP contribution in [0, 0.1) is 0 Å². The number of hydrogen-bond acceptors (Lipinski definition) is 1. The van der Waals surface area contributed by atoms with Gasteiger partial charge < -0.3 is 4.90 Å². The molecule has 1 aliphatic rings. The highest BCUT2D eigenvalue weighted by molar-refractivity contribution is 6.03. The Morgan fingerprint density at radius 3 is 2.15 bits per heavy atom. The first-order chi connectivity index (χ1) is 13.0. The zero-order chi connectivity index (χ0) is 19.4. The van der Waals surface area contributed by atoms with Gasteiger partial charge >= 0.3 is 0 Å². The SMILES string of the molecule is C=CN(C=C)c1ccc(/C=C/C=C/C2=[N+](C)c3ccccc3C2(C)C)cc1. The van der Waals surface area contributed by atoms with E-state index in [9.17, 15) is 0 Å². The average molecular weight is 356 g/mol. The summed E-state index contributed by atoms with van der Waals surface area (Å²) in [6.45, 7) is 12.1. The van der Waals surface area contributed by atoms with Gasteiger partial charge in [0.15, 0.2) is 5.71 Å². The maximum Gasteiger partial charge on any atom is 0.209 e. The molecule has 136 valence electrons.